The molecule has 6 nitrogen and oxygen atoms in total. The normalized spacial score (nSPS) is 12.0. The number of nitrogens with one attached hydrogen (secondary N) is 2. The summed E-state index contributed by atoms with van der Waals surface area (Å²) in [5.74, 6) is 5.51. The quantitative estimate of drug-likeness (QED) is 0.422. The molecule has 3 aromatic rings. The number of hydrogen-bond acceptors (Lipinski definition) is 6. The number of rotatable bonds is 5. The summed E-state index contributed by atoms with van der Waals surface area (Å²) in [5, 5.41) is 4.31. The van der Waals surface area contributed by atoms with E-state index in [1.54, 1.807) is 25.1 Å². The highest BCUT2D eigenvalue weighted by Gasteiger charge is 2.17. The molecule has 0 bridgehead atoms. The van der Waals surface area contributed by atoms with Crippen LogP contribution in [0.15, 0.2) is 30.3 Å². The number of aromatic nitrogens is 1. The van der Waals surface area contributed by atoms with Crippen molar-refractivity contribution in [2.24, 2.45) is 5.84 Å². The molecule has 0 aliphatic rings. The van der Waals surface area contributed by atoms with Gasteiger partial charge in [0.15, 0.2) is 11.2 Å². The fraction of sp³-hybridized carbons (Fsp3) is 0.176. The number of fused-ring (bicyclic) bond motifs is 1. The van der Waals surface area contributed by atoms with Crippen LogP contribution in [0, 0.1) is 6.92 Å². The summed E-state index contributed by atoms with van der Waals surface area (Å²) in [5.41, 5.74) is 4.97. The van der Waals surface area contributed by atoms with E-state index in [0.717, 1.165) is 15.8 Å². The minimum absolute atomic E-state index is 0.295. The number of ether oxygens (including phenoxy) is 1. The average Bonchev–Trinajstić information content (AvgIpc) is 3.01. The van der Waals surface area contributed by atoms with E-state index in [0.29, 0.717) is 26.6 Å². The number of halogens is 2. The molecule has 4 N–H and O–H groups in total. The minimum Gasteiger partial charge on any atom is -0.479 e. The topological polar surface area (TPSA) is 89.3 Å². The van der Waals surface area contributed by atoms with E-state index in [1.165, 1.54) is 11.3 Å². The molecule has 0 fully saturated rings. The summed E-state index contributed by atoms with van der Waals surface area (Å²) >= 11 is 13.3. The lowest BCUT2D eigenvalue weighted by molar-refractivity contribution is -0.122. The molecule has 26 heavy (non-hydrogen) atoms. The molecule has 9 heteroatoms. The number of hydrazine groups is 1. The van der Waals surface area contributed by atoms with Gasteiger partial charge < -0.3 is 10.1 Å². The van der Waals surface area contributed by atoms with Crippen molar-refractivity contribution in [3.05, 3.63) is 45.9 Å². The number of thiazole rings is 1. The van der Waals surface area contributed by atoms with Crippen LogP contribution in [0.1, 0.15) is 12.5 Å². The average molecular weight is 411 g/mol. The Balaban J connectivity index is 1.75. The largest absolute Gasteiger partial charge is 0.479 e. The van der Waals surface area contributed by atoms with Crippen molar-refractivity contribution in [2.75, 3.05) is 10.7 Å². The zero-order valence-corrected chi connectivity index (χ0v) is 16.3. The Hall–Kier alpha value is -2.06. The molecule has 0 saturated heterocycles. The van der Waals surface area contributed by atoms with Crippen LogP contribution < -0.4 is 21.3 Å². The molecule has 3 rings (SSSR count). The monoisotopic (exact) mass is 410 g/mol. The predicted molar refractivity (Wildman–Crippen MR) is 107 cm³/mol. The van der Waals surface area contributed by atoms with Crippen molar-refractivity contribution in [3.8, 4) is 5.75 Å². The summed E-state index contributed by atoms with van der Waals surface area (Å²) in [6.07, 6.45) is -0.743. The van der Waals surface area contributed by atoms with Crippen LogP contribution in [-0.4, -0.2) is 17.0 Å². The van der Waals surface area contributed by atoms with Crippen molar-refractivity contribution in [3.63, 3.8) is 0 Å². The van der Waals surface area contributed by atoms with Crippen molar-refractivity contribution < 1.29 is 9.53 Å². The number of nitrogen functional groups attached to an aromatic ring is 1. The molecule has 0 radical (unpaired) electrons. The molecule has 1 atom stereocenters. The highest BCUT2D eigenvalue weighted by atomic mass is 35.5. The van der Waals surface area contributed by atoms with Gasteiger partial charge in [-0.1, -0.05) is 34.5 Å². The Labute approximate surface area is 164 Å². The number of nitrogens with two attached hydrogens (primary N) is 1. The zero-order chi connectivity index (χ0) is 18.8. The van der Waals surface area contributed by atoms with E-state index in [9.17, 15) is 4.79 Å². The number of nitrogens with zero attached hydrogens (tertiary/aromatic N) is 1. The summed E-state index contributed by atoms with van der Waals surface area (Å²) in [6, 6.07) is 8.54. The van der Waals surface area contributed by atoms with Crippen LogP contribution in [0.5, 0.6) is 5.75 Å². The second-order valence-corrected chi connectivity index (χ2v) is 7.50. The Bertz CT molecular complexity index is 977. The van der Waals surface area contributed by atoms with Gasteiger partial charge in [-0.15, -0.1) is 0 Å². The fourth-order valence-electron chi connectivity index (χ4n) is 2.39. The fourth-order valence-corrected chi connectivity index (χ4v) is 3.74. The summed E-state index contributed by atoms with van der Waals surface area (Å²) in [4.78, 5) is 16.8. The van der Waals surface area contributed by atoms with Crippen LogP contribution in [-0.2, 0) is 4.79 Å². The number of carbonyl (C=O) groups excluding carboxylic acids is 1. The number of hydrogen-bond donors (Lipinski definition) is 3. The smallest absolute Gasteiger partial charge is 0.265 e. The van der Waals surface area contributed by atoms with E-state index in [2.05, 4.69) is 15.7 Å². The van der Waals surface area contributed by atoms with Crippen LogP contribution in [0.4, 0.5) is 10.8 Å². The lowest BCUT2D eigenvalue weighted by Gasteiger charge is -2.16. The molecule has 1 unspecified atom stereocenters. The number of carbonyl (C=O) groups is 1. The summed E-state index contributed by atoms with van der Waals surface area (Å²) in [6.45, 7) is 3.57. The first-order valence-electron chi connectivity index (χ1n) is 7.67. The maximum atomic E-state index is 12.5. The summed E-state index contributed by atoms with van der Waals surface area (Å²) in [7, 11) is 0. The number of benzene rings is 2. The second-order valence-electron chi connectivity index (χ2n) is 5.63. The first-order chi connectivity index (χ1) is 12.4. The van der Waals surface area contributed by atoms with Crippen LogP contribution in [0.3, 0.4) is 0 Å². The Morgan fingerprint density at radius 2 is 2.08 bits per heavy atom. The molecule has 136 valence electrons. The van der Waals surface area contributed by atoms with E-state index in [1.807, 2.05) is 19.1 Å². The maximum Gasteiger partial charge on any atom is 0.265 e. The Morgan fingerprint density at radius 1 is 1.31 bits per heavy atom. The first-order valence-corrected chi connectivity index (χ1v) is 9.25. The molecular formula is C17H16Cl2N4O2S. The number of anilines is 2. The Kier molecular flexibility index (Phi) is 5.52. The van der Waals surface area contributed by atoms with Gasteiger partial charge in [0.2, 0.25) is 0 Å². The highest BCUT2D eigenvalue weighted by Crippen LogP contribution is 2.31. The third-order valence-corrected chi connectivity index (χ3v) is 5.11. The van der Waals surface area contributed by atoms with Crippen molar-refractivity contribution in [2.45, 2.75) is 20.0 Å². The molecule has 1 aromatic heterocycles. The predicted octanol–water partition coefficient (Wildman–Crippen LogP) is 4.60. The van der Waals surface area contributed by atoms with Crippen LogP contribution >= 0.6 is 34.5 Å². The first kappa shape index (κ1) is 18.7. The molecule has 0 aliphatic heterocycles. The molecule has 0 spiro atoms. The van der Waals surface area contributed by atoms with Gasteiger partial charge in [-0.3, -0.25) is 10.2 Å². The lowest BCUT2D eigenvalue weighted by Crippen LogP contribution is -2.30. The van der Waals surface area contributed by atoms with Gasteiger partial charge in [0.1, 0.15) is 5.75 Å². The minimum atomic E-state index is -0.743. The van der Waals surface area contributed by atoms with Gasteiger partial charge >= 0.3 is 0 Å². The number of amides is 1. The van der Waals surface area contributed by atoms with Crippen LogP contribution in [0.2, 0.25) is 10.0 Å². The molecule has 2 aromatic carbocycles. The van der Waals surface area contributed by atoms with Gasteiger partial charge in [-0.05, 0) is 49.7 Å². The van der Waals surface area contributed by atoms with E-state index >= 15 is 0 Å². The third-order valence-electron chi connectivity index (χ3n) is 3.64. The van der Waals surface area contributed by atoms with Gasteiger partial charge in [-0.2, -0.15) is 0 Å². The standard InChI is InChI=1S/C17H16Cl2N4O2S/c1-8-5-11(7-14-15(8)22-17(23-20)26-14)21-16(24)9(2)25-13-4-3-10(18)6-12(13)19/h3-7,9H,20H2,1-2H3,(H,21,24)(H,22,23). The van der Waals surface area contributed by atoms with Crippen LogP contribution in [0.25, 0.3) is 10.2 Å². The van der Waals surface area contributed by atoms with E-state index in [4.69, 9.17) is 33.8 Å². The molecule has 0 saturated carbocycles. The van der Waals surface area contributed by atoms with Gasteiger partial charge in [0.25, 0.3) is 5.91 Å². The van der Waals surface area contributed by atoms with Crippen molar-refractivity contribution in [1.82, 2.24) is 4.98 Å². The summed E-state index contributed by atoms with van der Waals surface area (Å²) < 4.78 is 6.55. The second kappa shape index (κ2) is 7.67. The van der Waals surface area contributed by atoms with Gasteiger partial charge in [0, 0.05) is 10.7 Å². The van der Waals surface area contributed by atoms with E-state index in [-0.39, 0.29) is 5.91 Å². The molecule has 0 aliphatic carbocycles. The lowest BCUT2D eigenvalue weighted by atomic mass is 10.2. The highest BCUT2D eigenvalue weighted by molar-refractivity contribution is 7.22. The number of aryl methyl sites for hydroxylation is 1. The van der Waals surface area contributed by atoms with Gasteiger partial charge in [0.05, 0.1) is 15.2 Å². The zero-order valence-electron chi connectivity index (χ0n) is 14.0. The van der Waals surface area contributed by atoms with Gasteiger partial charge in [-0.25, -0.2) is 10.8 Å². The maximum absolute atomic E-state index is 12.5. The SMILES string of the molecule is Cc1cc(NC(=O)C(C)Oc2ccc(Cl)cc2Cl)cc2sc(NN)nc12. The molecular weight excluding hydrogens is 395 g/mol. The molecule has 1 amide bonds. The van der Waals surface area contributed by atoms with Crippen molar-refractivity contribution in [1.29, 1.82) is 0 Å². The Morgan fingerprint density at radius 3 is 2.77 bits per heavy atom. The van der Waals surface area contributed by atoms with Crippen molar-refractivity contribution >= 4 is 61.5 Å². The third kappa shape index (κ3) is 4.02. The van der Waals surface area contributed by atoms with E-state index < -0.39 is 6.10 Å². The molecule has 1 heterocycles.